The molecule has 0 aliphatic rings. The molecule has 0 bridgehead atoms. The predicted molar refractivity (Wildman–Crippen MR) is 88.1 cm³/mol. The molecular formula is C18H23NO4. The van der Waals surface area contributed by atoms with E-state index in [4.69, 9.17) is 9.52 Å². The third-order valence-electron chi connectivity index (χ3n) is 4.02. The first-order valence-electron chi connectivity index (χ1n) is 8.02. The number of nitrogens with zero attached hydrogens (tertiary/aromatic N) is 1. The van der Waals surface area contributed by atoms with E-state index in [1.807, 2.05) is 44.2 Å². The molecule has 1 aromatic carbocycles. The summed E-state index contributed by atoms with van der Waals surface area (Å²) in [6, 6.07) is 9.61. The van der Waals surface area contributed by atoms with Crippen molar-refractivity contribution >= 4 is 22.8 Å². The van der Waals surface area contributed by atoms with Gasteiger partial charge in [-0.1, -0.05) is 18.2 Å². The van der Waals surface area contributed by atoms with Gasteiger partial charge in [0.05, 0.1) is 6.04 Å². The van der Waals surface area contributed by atoms with Crippen LogP contribution in [0, 0.1) is 0 Å². The van der Waals surface area contributed by atoms with Crippen LogP contribution in [0.25, 0.3) is 11.0 Å². The summed E-state index contributed by atoms with van der Waals surface area (Å²) in [5, 5.41) is 9.66. The number of amides is 1. The van der Waals surface area contributed by atoms with Gasteiger partial charge in [0.25, 0.3) is 0 Å². The maximum atomic E-state index is 12.4. The fraction of sp³-hybridized carbons (Fsp3) is 0.444. The van der Waals surface area contributed by atoms with Gasteiger partial charge in [-0.2, -0.15) is 0 Å². The molecule has 0 saturated carbocycles. The molecule has 1 heterocycles. The number of aliphatic carboxylic acids is 1. The Kier molecular flexibility index (Phi) is 5.79. The molecular weight excluding hydrogens is 294 g/mol. The molecule has 5 nitrogen and oxygen atoms in total. The number of rotatable bonds is 8. The lowest BCUT2D eigenvalue weighted by Gasteiger charge is -2.26. The lowest BCUT2D eigenvalue weighted by Crippen LogP contribution is -2.33. The Morgan fingerprint density at radius 1 is 1.22 bits per heavy atom. The number of carboxylic acid groups (broad SMARTS) is 1. The summed E-state index contributed by atoms with van der Waals surface area (Å²) < 4.78 is 5.85. The topological polar surface area (TPSA) is 70.8 Å². The molecule has 2 aromatic rings. The molecule has 0 aliphatic carbocycles. The van der Waals surface area contributed by atoms with Crippen LogP contribution in [0.4, 0.5) is 0 Å². The summed E-state index contributed by atoms with van der Waals surface area (Å²) in [6.07, 6.45) is 1.59. The molecule has 0 aliphatic heterocycles. The van der Waals surface area contributed by atoms with Crippen LogP contribution in [0.5, 0.6) is 0 Å². The van der Waals surface area contributed by atoms with Crippen molar-refractivity contribution in [2.75, 3.05) is 6.54 Å². The number of fused-ring (bicyclic) bond motifs is 1. The fourth-order valence-electron chi connectivity index (χ4n) is 2.72. The largest absolute Gasteiger partial charge is 0.481 e. The quantitative estimate of drug-likeness (QED) is 0.747. The van der Waals surface area contributed by atoms with Crippen molar-refractivity contribution in [3.05, 3.63) is 36.1 Å². The average molecular weight is 317 g/mol. The predicted octanol–water partition coefficient (Wildman–Crippen LogP) is 3.99. The van der Waals surface area contributed by atoms with Crippen LogP contribution in [0.1, 0.15) is 51.3 Å². The van der Waals surface area contributed by atoms with Gasteiger partial charge in [0, 0.05) is 24.8 Å². The van der Waals surface area contributed by atoms with Gasteiger partial charge in [0.2, 0.25) is 5.91 Å². The number of hydrogen-bond donors (Lipinski definition) is 1. The van der Waals surface area contributed by atoms with E-state index in [9.17, 15) is 9.59 Å². The molecule has 124 valence electrons. The smallest absolute Gasteiger partial charge is 0.303 e. The second-order valence-electron chi connectivity index (χ2n) is 5.64. The zero-order chi connectivity index (χ0) is 16.8. The SMILES string of the molecule is CCN(C(=O)CCCCC(=O)O)C(C)c1cc2ccccc2o1. The van der Waals surface area contributed by atoms with E-state index in [1.54, 1.807) is 4.90 Å². The van der Waals surface area contributed by atoms with E-state index < -0.39 is 5.97 Å². The standard InChI is InChI=1S/C18H23NO4/c1-3-19(17(20)10-6-7-11-18(21)22)13(2)16-12-14-8-4-5-9-15(14)23-16/h4-5,8-9,12-13H,3,6-7,10-11H2,1-2H3,(H,21,22). The van der Waals surface area contributed by atoms with Crippen molar-refractivity contribution in [2.45, 2.75) is 45.6 Å². The van der Waals surface area contributed by atoms with E-state index in [2.05, 4.69) is 0 Å². The Bertz CT molecular complexity index is 643. The Hall–Kier alpha value is -2.30. The molecule has 5 heteroatoms. The number of carbonyl (C=O) groups is 2. The zero-order valence-corrected chi connectivity index (χ0v) is 13.6. The number of furan rings is 1. The van der Waals surface area contributed by atoms with Gasteiger partial charge in [0.1, 0.15) is 11.3 Å². The Morgan fingerprint density at radius 3 is 2.57 bits per heavy atom. The summed E-state index contributed by atoms with van der Waals surface area (Å²) >= 11 is 0. The van der Waals surface area contributed by atoms with Crippen molar-refractivity contribution in [1.29, 1.82) is 0 Å². The van der Waals surface area contributed by atoms with Crippen LogP contribution in [0.2, 0.25) is 0 Å². The first-order chi connectivity index (χ1) is 11.0. The van der Waals surface area contributed by atoms with Gasteiger partial charge in [0.15, 0.2) is 0 Å². The normalized spacial score (nSPS) is 12.3. The Labute approximate surface area is 135 Å². The van der Waals surface area contributed by atoms with E-state index in [0.29, 0.717) is 25.8 Å². The van der Waals surface area contributed by atoms with Crippen LogP contribution >= 0.6 is 0 Å². The second-order valence-corrected chi connectivity index (χ2v) is 5.64. The number of benzene rings is 1. The molecule has 1 aromatic heterocycles. The highest BCUT2D eigenvalue weighted by Gasteiger charge is 2.22. The van der Waals surface area contributed by atoms with Crippen molar-refractivity contribution in [1.82, 2.24) is 4.90 Å². The third kappa shape index (κ3) is 4.34. The van der Waals surface area contributed by atoms with Crippen molar-refractivity contribution in [3.63, 3.8) is 0 Å². The minimum atomic E-state index is -0.819. The molecule has 1 amide bonds. The number of para-hydroxylation sites is 1. The highest BCUT2D eigenvalue weighted by molar-refractivity contribution is 5.79. The minimum absolute atomic E-state index is 0.0332. The minimum Gasteiger partial charge on any atom is -0.481 e. The lowest BCUT2D eigenvalue weighted by atomic mass is 10.1. The molecule has 1 N–H and O–H groups in total. The van der Waals surface area contributed by atoms with Gasteiger partial charge >= 0.3 is 5.97 Å². The summed E-state index contributed by atoms with van der Waals surface area (Å²) in [6.45, 7) is 4.49. The highest BCUT2D eigenvalue weighted by atomic mass is 16.4. The number of hydrogen-bond acceptors (Lipinski definition) is 3. The van der Waals surface area contributed by atoms with Gasteiger partial charge in [-0.15, -0.1) is 0 Å². The van der Waals surface area contributed by atoms with Gasteiger partial charge in [-0.05, 0) is 38.8 Å². The lowest BCUT2D eigenvalue weighted by molar-refractivity contribution is -0.138. The van der Waals surface area contributed by atoms with E-state index in [0.717, 1.165) is 16.7 Å². The zero-order valence-electron chi connectivity index (χ0n) is 13.6. The van der Waals surface area contributed by atoms with Gasteiger partial charge in [-0.3, -0.25) is 9.59 Å². The van der Waals surface area contributed by atoms with Gasteiger partial charge in [-0.25, -0.2) is 0 Å². The number of carboxylic acids is 1. The molecule has 0 spiro atoms. The fourth-order valence-corrected chi connectivity index (χ4v) is 2.72. The van der Waals surface area contributed by atoms with E-state index in [1.165, 1.54) is 0 Å². The Balaban J connectivity index is 2.00. The van der Waals surface area contributed by atoms with Crippen molar-refractivity contribution < 1.29 is 19.1 Å². The van der Waals surface area contributed by atoms with Crippen molar-refractivity contribution in [3.8, 4) is 0 Å². The summed E-state index contributed by atoms with van der Waals surface area (Å²) in [5.41, 5.74) is 0.819. The monoisotopic (exact) mass is 317 g/mol. The van der Waals surface area contributed by atoms with Crippen LogP contribution in [0.15, 0.2) is 34.7 Å². The Morgan fingerprint density at radius 2 is 1.91 bits per heavy atom. The first kappa shape index (κ1) is 17.1. The summed E-state index contributed by atoms with van der Waals surface area (Å²) in [5.74, 6) is -0.0155. The second kappa shape index (κ2) is 7.81. The maximum absolute atomic E-state index is 12.4. The average Bonchev–Trinajstić information content (AvgIpc) is 2.96. The molecule has 0 radical (unpaired) electrons. The van der Waals surface area contributed by atoms with Crippen LogP contribution in [-0.4, -0.2) is 28.4 Å². The number of carbonyl (C=O) groups excluding carboxylic acids is 1. The summed E-state index contributed by atoms with van der Waals surface area (Å²) in [7, 11) is 0. The molecule has 0 fully saturated rings. The van der Waals surface area contributed by atoms with Crippen LogP contribution in [-0.2, 0) is 9.59 Å². The molecule has 23 heavy (non-hydrogen) atoms. The number of unbranched alkanes of at least 4 members (excludes halogenated alkanes) is 1. The van der Waals surface area contributed by atoms with Gasteiger partial charge < -0.3 is 14.4 Å². The maximum Gasteiger partial charge on any atom is 0.303 e. The van der Waals surface area contributed by atoms with E-state index >= 15 is 0 Å². The summed E-state index contributed by atoms with van der Waals surface area (Å²) in [4.78, 5) is 24.7. The molecule has 1 atom stereocenters. The van der Waals surface area contributed by atoms with Crippen molar-refractivity contribution in [2.24, 2.45) is 0 Å². The molecule has 2 rings (SSSR count). The van der Waals surface area contributed by atoms with Crippen LogP contribution < -0.4 is 0 Å². The molecule has 0 saturated heterocycles. The first-order valence-corrected chi connectivity index (χ1v) is 8.02. The third-order valence-corrected chi connectivity index (χ3v) is 4.02. The van der Waals surface area contributed by atoms with E-state index in [-0.39, 0.29) is 18.4 Å². The highest BCUT2D eigenvalue weighted by Crippen LogP contribution is 2.27. The van der Waals surface area contributed by atoms with Crippen LogP contribution in [0.3, 0.4) is 0 Å². The molecule has 1 unspecified atom stereocenters.